The van der Waals surface area contributed by atoms with Crippen LogP contribution in [0.5, 0.6) is 0 Å². The minimum atomic E-state index is -4.66. The summed E-state index contributed by atoms with van der Waals surface area (Å²) in [4.78, 5) is 11.5. The van der Waals surface area contributed by atoms with Gasteiger partial charge in [0.25, 0.3) is 5.69 Å². The molecule has 0 aliphatic heterocycles. The Morgan fingerprint density at radius 3 is 2.48 bits per heavy atom. The number of nitro groups is 1. The van der Waals surface area contributed by atoms with Crippen molar-refractivity contribution in [2.75, 3.05) is 30.3 Å². The molecule has 1 atom stereocenters. The summed E-state index contributed by atoms with van der Waals surface area (Å²) in [5.74, 6) is 0. The van der Waals surface area contributed by atoms with Gasteiger partial charge in [0.05, 0.1) is 29.6 Å². The zero-order valence-corrected chi connectivity index (χ0v) is 12.4. The number of nitrogens with zero attached hydrogens (tertiary/aromatic N) is 2. The minimum Gasteiger partial charge on any atom is -0.394 e. The van der Waals surface area contributed by atoms with Crippen LogP contribution in [-0.4, -0.2) is 47.1 Å². The standard InChI is InChI=1S/C13H18F3N3O4/c1-2-18(6-8(21)7-20)11-4-3-10(17)12(19(22)23)9(11)5-13(14,15)16/h3-4,8,20-21H,2,5-7,17H2,1H3. The molecule has 23 heavy (non-hydrogen) atoms. The Morgan fingerprint density at radius 1 is 1.43 bits per heavy atom. The minimum absolute atomic E-state index is 0.0433. The van der Waals surface area contributed by atoms with Crippen LogP contribution in [0.15, 0.2) is 12.1 Å². The molecule has 0 bridgehead atoms. The van der Waals surface area contributed by atoms with Crippen LogP contribution in [0.4, 0.5) is 30.2 Å². The van der Waals surface area contributed by atoms with E-state index in [4.69, 9.17) is 10.8 Å². The number of aliphatic hydroxyl groups is 2. The predicted molar refractivity (Wildman–Crippen MR) is 78.2 cm³/mol. The Kier molecular flexibility index (Phi) is 6.16. The number of nitro benzene ring substituents is 1. The van der Waals surface area contributed by atoms with E-state index in [1.54, 1.807) is 6.92 Å². The third kappa shape index (κ3) is 4.96. The first kappa shape index (κ1) is 19.0. The van der Waals surface area contributed by atoms with E-state index < -0.39 is 41.5 Å². The van der Waals surface area contributed by atoms with Crippen LogP contribution in [-0.2, 0) is 6.42 Å². The summed E-state index contributed by atoms with van der Waals surface area (Å²) in [6, 6.07) is 2.40. The number of likely N-dealkylation sites (N-methyl/N-ethyl adjacent to an activating group) is 1. The average molecular weight is 337 g/mol. The number of nitrogen functional groups attached to an aromatic ring is 1. The number of rotatable bonds is 7. The van der Waals surface area contributed by atoms with Gasteiger partial charge in [-0.25, -0.2) is 0 Å². The predicted octanol–water partition coefficient (Wildman–Crippen LogP) is 1.46. The topological polar surface area (TPSA) is 113 Å². The summed E-state index contributed by atoms with van der Waals surface area (Å²) in [6.07, 6.45) is -7.37. The third-order valence-electron chi connectivity index (χ3n) is 3.21. The molecule has 0 aromatic heterocycles. The fourth-order valence-corrected chi connectivity index (χ4v) is 2.24. The van der Waals surface area contributed by atoms with Gasteiger partial charge in [0.1, 0.15) is 5.69 Å². The first-order chi connectivity index (χ1) is 10.6. The summed E-state index contributed by atoms with van der Waals surface area (Å²) in [7, 11) is 0. The Morgan fingerprint density at radius 2 is 2.04 bits per heavy atom. The summed E-state index contributed by atoms with van der Waals surface area (Å²) < 4.78 is 38.5. The number of benzene rings is 1. The number of nitrogens with two attached hydrogens (primary N) is 1. The monoisotopic (exact) mass is 337 g/mol. The van der Waals surface area contributed by atoms with Crippen molar-refractivity contribution in [2.45, 2.75) is 25.6 Å². The molecular weight excluding hydrogens is 319 g/mol. The first-order valence-electron chi connectivity index (χ1n) is 6.77. The molecule has 0 fully saturated rings. The summed E-state index contributed by atoms with van der Waals surface area (Å²) in [5, 5.41) is 29.5. The fraction of sp³-hybridized carbons (Fsp3) is 0.538. The van der Waals surface area contributed by atoms with Crippen LogP contribution in [0.3, 0.4) is 0 Å². The summed E-state index contributed by atoms with van der Waals surface area (Å²) >= 11 is 0. The highest BCUT2D eigenvalue weighted by Gasteiger charge is 2.35. The van der Waals surface area contributed by atoms with E-state index in [2.05, 4.69) is 0 Å². The lowest BCUT2D eigenvalue weighted by molar-refractivity contribution is -0.384. The number of hydrogen-bond acceptors (Lipinski definition) is 6. The van der Waals surface area contributed by atoms with Crippen molar-refractivity contribution in [2.24, 2.45) is 0 Å². The second kappa shape index (κ2) is 7.47. The van der Waals surface area contributed by atoms with Crippen LogP contribution < -0.4 is 10.6 Å². The van der Waals surface area contributed by atoms with E-state index in [0.29, 0.717) is 0 Å². The molecule has 0 radical (unpaired) electrons. The SMILES string of the molecule is CCN(CC(O)CO)c1ccc(N)c([N+](=O)[O-])c1CC(F)(F)F. The molecule has 7 nitrogen and oxygen atoms in total. The molecule has 0 amide bonds. The Labute approximate surface area is 130 Å². The second-order valence-electron chi connectivity index (χ2n) is 4.93. The van der Waals surface area contributed by atoms with E-state index >= 15 is 0 Å². The van der Waals surface area contributed by atoms with Crippen molar-refractivity contribution in [1.29, 1.82) is 0 Å². The van der Waals surface area contributed by atoms with Gasteiger partial charge in [-0.1, -0.05) is 0 Å². The van der Waals surface area contributed by atoms with Crippen LogP contribution in [0.25, 0.3) is 0 Å². The lowest BCUT2D eigenvalue weighted by atomic mass is 10.0. The van der Waals surface area contributed by atoms with Crippen molar-refractivity contribution in [3.63, 3.8) is 0 Å². The normalized spacial score (nSPS) is 13.0. The average Bonchev–Trinajstić information content (AvgIpc) is 2.43. The highest BCUT2D eigenvalue weighted by Crippen LogP contribution is 2.38. The van der Waals surface area contributed by atoms with Gasteiger partial charge in [-0.2, -0.15) is 13.2 Å². The molecule has 0 aliphatic carbocycles. The smallest absolute Gasteiger partial charge is 0.393 e. The van der Waals surface area contributed by atoms with Crippen LogP contribution in [0.1, 0.15) is 12.5 Å². The fourth-order valence-electron chi connectivity index (χ4n) is 2.24. The van der Waals surface area contributed by atoms with E-state index in [-0.39, 0.29) is 24.5 Å². The molecule has 10 heteroatoms. The van der Waals surface area contributed by atoms with Crippen LogP contribution >= 0.6 is 0 Å². The largest absolute Gasteiger partial charge is 0.394 e. The molecule has 0 heterocycles. The quantitative estimate of drug-likeness (QED) is 0.394. The molecule has 1 aromatic rings. The number of halogens is 3. The highest BCUT2D eigenvalue weighted by atomic mass is 19.4. The molecule has 0 saturated carbocycles. The van der Waals surface area contributed by atoms with E-state index in [0.717, 1.165) is 6.07 Å². The Balaban J connectivity index is 3.45. The van der Waals surface area contributed by atoms with Gasteiger partial charge >= 0.3 is 6.18 Å². The second-order valence-corrected chi connectivity index (χ2v) is 4.93. The number of aliphatic hydroxyl groups excluding tert-OH is 2. The van der Waals surface area contributed by atoms with E-state index in [1.165, 1.54) is 11.0 Å². The molecule has 0 spiro atoms. The zero-order valence-electron chi connectivity index (χ0n) is 12.4. The van der Waals surface area contributed by atoms with Gasteiger partial charge in [-0.05, 0) is 19.1 Å². The van der Waals surface area contributed by atoms with Crippen molar-refractivity contribution in [1.82, 2.24) is 0 Å². The van der Waals surface area contributed by atoms with Gasteiger partial charge in [0.15, 0.2) is 0 Å². The highest BCUT2D eigenvalue weighted by molar-refractivity contribution is 5.73. The first-order valence-corrected chi connectivity index (χ1v) is 6.77. The molecule has 0 aliphatic rings. The maximum atomic E-state index is 12.8. The van der Waals surface area contributed by atoms with Gasteiger partial charge < -0.3 is 20.8 Å². The number of alkyl halides is 3. The van der Waals surface area contributed by atoms with Gasteiger partial charge in [-0.15, -0.1) is 0 Å². The zero-order chi connectivity index (χ0) is 17.8. The summed E-state index contributed by atoms with van der Waals surface area (Å²) in [5.41, 5.74) is 3.70. The molecule has 4 N–H and O–H groups in total. The molecule has 130 valence electrons. The lowest BCUT2D eigenvalue weighted by Gasteiger charge is -2.28. The Hall–Kier alpha value is -2.07. The van der Waals surface area contributed by atoms with Crippen LogP contribution in [0, 0.1) is 10.1 Å². The molecule has 1 rings (SSSR count). The number of hydrogen-bond donors (Lipinski definition) is 3. The van der Waals surface area contributed by atoms with Gasteiger partial charge in [0, 0.05) is 18.8 Å². The molecular formula is C13H18F3N3O4. The van der Waals surface area contributed by atoms with Crippen LogP contribution in [0.2, 0.25) is 0 Å². The molecule has 1 aromatic carbocycles. The van der Waals surface area contributed by atoms with E-state index in [9.17, 15) is 28.4 Å². The van der Waals surface area contributed by atoms with E-state index in [1.807, 2.05) is 0 Å². The van der Waals surface area contributed by atoms with Gasteiger partial charge in [0.2, 0.25) is 0 Å². The Bertz CT molecular complexity index is 566. The molecule has 1 unspecified atom stereocenters. The number of anilines is 2. The van der Waals surface area contributed by atoms with Crippen molar-refractivity contribution < 1.29 is 28.3 Å². The van der Waals surface area contributed by atoms with Crippen molar-refractivity contribution in [3.8, 4) is 0 Å². The lowest BCUT2D eigenvalue weighted by Crippen LogP contribution is -2.35. The van der Waals surface area contributed by atoms with Crippen molar-refractivity contribution >= 4 is 17.1 Å². The van der Waals surface area contributed by atoms with Crippen molar-refractivity contribution in [3.05, 3.63) is 27.8 Å². The maximum Gasteiger partial charge on any atom is 0.393 e. The maximum absolute atomic E-state index is 12.8. The third-order valence-corrected chi connectivity index (χ3v) is 3.21. The molecule has 0 saturated heterocycles. The van der Waals surface area contributed by atoms with Gasteiger partial charge in [-0.3, -0.25) is 10.1 Å². The summed E-state index contributed by atoms with van der Waals surface area (Å²) in [6.45, 7) is 1.05.